The number of benzene rings is 3. The number of aryl methyl sites for hydroxylation is 1. The Labute approximate surface area is 176 Å². The third-order valence-corrected chi connectivity index (χ3v) is 5.84. The van der Waals surface area contributed by atoms with Crippen LogP contribution in [-0.4, -0.2) is 11.8 Å². The lowest BCUT2D eigenvalue weighted by atomic mass is 10.0. The molecule has 0 radical (unpaired) electrons. The first-order valence-corrected chi connectivity index (χ1v) is 10.0. The van der Waals surface area contributed by atoms with Gasteiger partial charge in [-0.2, -0.15) is 0 Å². The molecule has 1 aliphatic rings. The average Bonchev–Trinajstić information content (AvgIpc) is 2.95. The first kappa shape index (κ1) is 19.4. The number of imide groups is 1. The average molecular weight is 424 g/mol. The standard InChI is InChI=1S/C23H15ClFNO2S/c1-14-2-4-15(5-3-14)20-21(29-19-12-6-16(24)7-13-19)23(28)26(22(20)27)18-10-8-17(25)9-11-18/h2-13H,1H3. The number of hydrogen-bond donors (Lipinski definition) is 0. The minimum Gasteiger partial charge on any atom is -0.268 e. The van der Waals surface area contributed by atoms with Gasteiger partial charge in [0.15, 0.2) is 0 Å². The zero-order valence-corrected chi connectivity index (χ0v) is 16.9. The molecule has 0 atom stereocenters. The van der Waals surface area contributed by atoms with Gasteiger partial charge in [-0.05, 0) is 61.0 Å². The van der Waals surface area contributed by atoms with Gasteiger partial charge in [-0.15, -0.1) is 0 Å². The van der Waals surface area contributed by atoms with E-state index in [2.05, 4.69) is 0 Å². The Kier molecular flexibility index (Phi) is 5.26. The normalized spacial score (nSPS) is 14.1. The van der Waals surface area contributed by atoms with Crippen LogP contribution in [0.5, 0.6) is 0 Å². The Morgan fingerprint density at radius 2 is 1.45 bits per heavy atom. The van der Waals surface area contributed by atoms with E-state index in [1.165, 1.54) is 36.0 Å². The molecule has 0 saturated carbocycles. The molecule has 0 bridgehead atoms. The lowest BCUT2D eigenvalue weighted by Gasteiger charge is -2.15. The highest BCUT2D eigenvalue weighted by Crippen LogP contribution is 2.41. The SMILES string of the molecule is Cc1ccc(C2=C(Sc3ccc(Cl)cc3)C(=O)N(c3ccc(F)cc3)C2=O)cc1. The molecule has 2 amide bonds. The Morgan fingerprint density at radius 3 is 2.07 bits per heavy atom. The summed E-state index contributed by atoms with van der Waals surface area (Å²) < 4.78 is 13.3. The Bertz CT molecular complexity index is 1120. The molecule has 1 heterocycles. The highest BCUT2D eigenvalue weighted by Gasteiger charge is 2.40. The first-order chi connectivity index (χ1) is 13.9. The first-order valence-electron chi connectivity index (χ1n) is 8.83. The van der Waals surface area contributed by atoms with Crippen molar-refractivity contribution in [3.8, 4) is 0 Å². The summed E-state index contributed by atoms with van der Waals surface area (Å²) in [5.41, 5.74) is 2.38. The van der Waals surface area contributed by atoms with E-state index in [4.69, 9.17) is 11.6 Å². The van der Waals surface area contributed by atoms with Crippen molar-refractivity contribution in [1.82, 2.24) is 0 Å². The molecule has 4 rings (SSSR count). The molecule has 3 aromatic carbocycles. The van der Waals surface area contributed by atoms with Crippen molar-refractivity contribution in [1.29, 1.82) is 0 Å². The van der Waals surface area contributed by atoms with Crippen LogP contribution in [0, 0.1) is 12.7 Å². The van der Waals surface area contributed by atoms with Crippen LogP contribution in [0.4, 0.5) is 10.1 Å². The van der Waals surface area contributed by atoms with E-state index in [1.807, 2.05) is 31.2 Å². The van der Waals surface area contributed by atoms with Crippen LogP contribution >= 0.6 is 23.4 Å². The summed E-state index contributed by atoms with van der Waals surface area (Å²) in [7, 11) is 0. The third kappa shape index (κ3) is 3.84. The van der Waals surface area contributed by atoms with Gasteiger partial charge in [0.1, 0.15) is 5.82 Å². The molecule has 6 heteroatoms. The molecule has 3 aromatic rings. The van der Waals surface area contributed by atoms with Crippen LogP contribution in [0.1, 0.15) is 11.1 Å². The number of hydrogen-bond acceptors (Lipinski definition) is 3. The Balaban J connectivity index is 1.80. The number of carbonyl (C=O) groups is 2. The molecular weight excluding hydrogens is 409 g/mol. The van der Waals surface area contributed by atoms with Crippen molar-refractivity contribution in [2.24, 2.45) is 0 Å². The summed E-state index contributed by atoms with van der Waals surface area (Å²) in [5, 5.41) is 0.587. The lowest BCUT2D eigenvalue weighted by molar-refractivity contribution is -0.119. The molecule has 1 aliphatic heterocycles. The highest BCUT2D eigenvalue weighted by molar-refractivity contribution is 8.04. The number of nitrogens with zero attached hydrogens (tertiary/aromatic N) is 1. The van der Waals surface area contributed by atoms with Crippen LogP contribution in [-0.2, 0) is 9.59 Å². The second-order valence-corrected chi connectivity index (χ2v) is 8.07. The van der Waals surface area contributed by atoms with Crippen LogP contribution in [0.3, 0.4) is 0 Å². The number of thioether (sulfide) groups is 1. The van der Waals surface area contributed by atoms with Gasteiger partial charge >= 0.3 is 0 Å². The van der Waals surface area contributed by atoms with Gasteiger partial charge in [0.25, 0.3) is 11.8 Å². The van der Waals surface area contributed by atoms with E-state index in [1.54, 1.807) is 24.3 Å². The minimum atomic E-state index is -0.435. The van der Waals surface area contributed by atoms with Gasteiger partial charge in [-0.3, -0.25) is 9.59 Å². The summed E-state index contributed by atoms with van der Waals surface area (Å²) in [6.07, 6.45) is 0. The fourth-order valence-electron chi connectivity index (χ4n) is 3.02. The van der Waals surface area contributed by atoms with Gasteiger partial charge in [0.2, 0.25) is 0 Å². The second-order valence-electron chi connectivity index (χ2n) is 6.55. The van der Waals surface area contributed by atoms with E-state index < -0.39 is 17.6 Å². The summed E-state index contributed by atoms with van der Waals surface area (Å²) in [5.74, 6) is -1.30. The predicted molar refractivity (Wildman–Crippen MR) is 114 cm³/mol. The molecular formula is C23H15ClFNO2S. The van der Waals surface area contributed by atoms with E-state index in [0.717, 1.165) is 15.4 Å². The molecule has 0 spiro atoms. The van der Waals surface area contributed by atoms with Gasteiger partial charge in [-0.25, -0.2) is 9.29 Å². The largest absolute Gasteiger partial charge is 0.272 e. The quantitative estimate of drug-likeness (QED) is 0.493. The number of amides is 2. The van der Waals surface area contributed by atoms with Gasteiger partial charge < -0.3 is 0 Å². The summed E-state index contributed by atoms with van der Waals surface area (Å²) in [4.78, 5) is 28.7. The molecule has 144 valence electrons. The monoisotopic (exact) mass is 423 g/mol. The van der Waals surface area contributed by atoms with Crippen molar-refractivity contribution in [2.75, 3.05) is 4.90 Å². The Hall–Kier alpha value is -2.89. The second kappa shape index (κ2) is 7.85. The van der Waals surface area contributed by atoms with Gasteiger partial charge in [0, 0.05) is 9.92 Å². The van der Waals surface area contributed by atoms with Crippen LogP contribution < -0.4 is 4.90 Å². The topological polar surface area (TPSA) is 37.4 Å². The van der Waals surface area contributed by atoms with Crippen molar-refractivity contribution in [2.45, 2.75) is 11.8 Å². The zero-order valence-electron chi connectivity index (χ0n) is 15.4. The van der Waals surface area contributed by atoms with Crippen LogP contribution in [0.2, 0.25) is 5.02 Å². The van der Waals surface area contributed by atoms with Gasteiger partial charge in [-0.1, -0.05) is 53.2 Å². The summed E-state index contributed by atoms with van der Waals surface area (Å²) >= 11 is 7.17. The van der Waals surface area contributed by atoms with Crippen LogP contribution in [0.15, 0.2) is 82.6 Å². The molecule has 0 aliphatic carbocycles. The minimum absolute atomic E-state index is 0.325. The maximum Gasteiger partial charge on any atom is 0.272 e. The Morgan fingerprint density at radius 1 is 0.828 bits per heavy atom. The number of rotatable bonds is 4. The fraction of sp³-hybridized carbons (Fsp3) is 0.0435. The van der Waals surface area contributed by atoms with Crippen molar-refractivity contribution >= 4 is 46.4 Å². The molecule has 0 N–H and O–H groups in total. The highest BCUT2D eigenvalue weighted by atomic mass is 35.5. The summed E-state index contributed by atoms with van der Waals surface area (Å²) in [6, 6.07) is 19.8. The van der Waals surface area contributed by atoms with E-state index >= 15 is 0 Å². The van der Waals surface area contributed by atoms with Crippen LogP contribution in [0.25, 0.3) is 5.57 Å². The van der Waals surface area contributed by atoms with E-state index in [9.17, 15) is 14.0 Å². The number of carbonyl (C=O) groups excluding carboxylic acids is 2. The third-order valence-electron chi connectivity index (χ3n) is 4.50. The van der Waals surface area contributed by atoms with E-state index in [0.29, 0.717) is 26.8 Å². The maximum atomic E-state index is 13.3. The fourth-order valence-corrected chi connectivity index (χ4v) is 4.14. The molecule has 29 heavy (non-hydrogen) atoms. The smallest absolute Gasteiger partial charge is 0.268 e. The van der Waals surface area contributed by atoms with E-state index in [-0.39, 0.29) is 0 Å². The van der Waals surface area contributed by atoms with Crippen molar-refractivity contribution in [3.63, 3.8) is 0 Å². The molecule has 0 fully saturated rings. The zero-order chi connectivity index (χ0) is 20.5. The molecule has 0 aromatic heterocycles. The predicted octanol–water partition coefficient (Wildman–Crippen LogP) is 5.86. The number of anilines is 1. The molecule has 0 unspecified atom stereocenters. The van der Waals surface area contributed by atoms with Crippen molar-refractivity contribution < 1.29 is 14.0 Å². The van der Waals surface area contributed by atoms with Gasteiger partial charge in [0.05, 0.1) is 16.2 Å². The molecule has 0 saturated heterocycles. The molecule has 3 nitrogen and oxygen atoms in total. The summed E-state index contributed by atoms with van der Waals surface area (Å²) in [6.45, 7) is 1.95. The van der Waals surface area contributed by atoms with Crippen molar-refractivity contribution in [3.05, 3.63) is 99.7 Å². The maximum absolute atomic E-state index is 13.3. The lowest BCUT2D eigenvalue weighted by Crippen LogP contribution is -2.31. The number of halogens is 2.